The summed E-state index contributed by atoms with van der Waals surface area (Å²) in [5, 5.41) is 9.19. The highest BCUT2D eigenvalue weighted by atomic mass is 16.6. The minimum absolute atomic E-state index is 0.116. The Balaban J connectivity index is 2.68. The largest absolute Gasteiger partial charge is 0.481 e. The summed E-state index contributed by atoms with van der Waals surface area (Å²) in [7, 11) is 0. The molecule has 18 heavy (non-hydrogen) atoms. The van der Waals surface area contributed by atoms with Gasteiger partial charge in [0.05, 0.1) is 5.41 Å². The standard InChI is InChI=1S/C13H23NO4/c1-9-8-13(5,10(15)16)6-7-14(9)11(17)18-12(2,3)4/h9H,6-8H2,1-5H3,(H,15,16)/t9-,13-/m1/s1. The Labute approximate surface area is 108 Å². The monoisotopic (exact) mass is 257 g/mol. The molecule has 1 aliphatic rings. The number of rotatable bonds is 1. The molecule has 0 bridgehead atoms. The molecule has 1 aliphatic heterocycles. The van der Waals surface area contributed by atoms with Gasteiger partial charge < -0.3 is 14.7 Å². The normalized spacial score (nSPS) is 28.9. The minimum Gasteiger partial charge on any atom is -0.481 e. The zero-order chi connectivity index (χ0) is 14.1. The second-order valence-electron chi connectivity index (χ2n) is 6.34. The van der Waals surface area contributed by atoms with Crippen molar-refractivity contribution in [2.24, 2.45) is 5.41 Å². The molecule has 1 heterocycles. The van der Waals surface area contributed by atoms with Crippen LogP contribution in [0.25, 0.3) is 0 Å². The molecule has 1 N–H and O–H groups in total. The molecular weight excluding hydrogens is 234 g/mol. The van der Waals surface area contributed by atoms with Crippen LogP contribution in [0, 0.1) is 5.41 Å². The van der Waals surface area contributed by atoms with Gasteiger partial charge in [0.25, 0.3) is 0 Å². The SMILES string of the molecule is C[C@@H]1C[C@](C)(C(=O)O)CCN1C(=O)OC(C)(C)C. The van der Waals surface area contributed by atoms with E-state index in [1.807, 2.05) is 27.7 Å². The van der Waals surface area contributed by atoms with Gasteiger partial charge in [-0.05, 0) is 47.5 Å². The summed E-state index contributed by atoms with van der Waals surface area (Å²) < 4.78 is 5.32. The molecule has 0 saturated carbocycles. The Hall–Kier alpha value is -1.26. The number of nitrogens with zero attached hydrogens (tertiary/aromatic N) is 1. The molecule has 0 spiro atoms. The highest BCUT2D eigenvalue weighted by Gasteiger charge is 2.42. The van der Waals surface area contributed by atoms with Gasteiger partial charge >= 0.3 is 12.1 Å². The van der Waals surface area contributed by atoms with Crippen molar-refractivity contribution >= 4 is 12.1 Å². The van der Waals surface area contributed by atoms with Gasteiger partial charge in [0.2, 0.25) is 0 Å². The molecule has 0 aromatic rings. The molecule has 1 rings (SSSR count). The van der Waals surface area contributed by atoms with E-state index in [1.165, 1.54) is 0 Å². The van der Waals surface area contributed by atoms with Gasteiger partial charge in [0.1, 0.15) is 5.60 Å². The van der Waals surface area contributed by atoms with Crippen LogP contribution in [0.5, 0.6) is 0 Å². The molecule has 0 aromatic carbocycles. The number of carboxylic acids is 1. The molecular formula is C13H23NO4. The first-order valence-electron chi connectivity index (χ1n) is 6.28. The average Bonchev–Trinajstić information content (AvgIpc) is 2.13. The highest BCUT2D eigenvalue weighted by molar-refractivity contribution is 5.75. The second-order valence-corrected chi connectivity index (χ2v) is 6.34. The van der Waals surface area contributed by atoms with E-state index in [9.17, 15) is 14.7 Å². The van der Waals surface area contributed by atoms with Crippen molar-refractivity contribution in [3.63, 3.8) is 0 Å². The fourth-order valence-corrected chi connectivity index (χ4v) is 2.24. The molecule has 1 fully saturated rings. The Morgan fingerprint density at radius 3 is 2.33 bits per heavy atom. The van der Waals surface area contributed by atoms with Gasteiger partial charge in [-0.2, -0.15) is 0 Å². The fraction of sp³-hybridized carbons (Fsp3) is 0.846. The summed E-state index contributed by atoms with van der Waals surface area (Å²) in [4.78, 5) is 24.8. The van der Waals surface area contributed by atoms with Gasteiger partial charge in [0, 0.05) is 12.6 Å². The lowest BCUT2D eigenvalue weighted by molar-refractivity contribution is -0.151. The molecule has 0 aromatic heterocycles. The molecule has 5 heteroatoms. The average molecular weight is 257 g/mol. The number of hydrogen-bond acceptors (Lipinski definition) is 3. The molecule has 104 valence electrons. The van der Waals surface area contributed by atoms with Crippen molar-refractivity contribution in [2.45, 2.75) is 59.1 Å². The van der Waals surface area contributed by atoms with Crippen LogP contribution in [0.15, 0.2) is 0 Å². The summed E-state index contributed by atoms with van der Waals surface area (Å²) in [5.41, 5.74) is -1.26. The third-order valence-corrected chi connectivity index (χ3v) is 3.33. The lowest BCUT2D eigenvalue weighted by Gasteiger charge is -2.41. The zero-order valence-corrected chi connectivity index (χ0v) is 11.8. The van der Waals surface area contributed by atoms with Crippen LogP contribution in [0.1, 0.15) is 47.5 Å². The maximum Gasteiger partial charge on any atom is 0.410 e. The number of hydrogen-bond donors (Lipinski definition) is 1. The predicted molar refractivity (Wildman–Crippen MR) is 67.4 cm³/mol. The molecule has 1 amide bonds. The summed E-state index contributed by atoms with van der Waals surface area (Å²) in [6.45, 7) is 9.49. The van der Waals surface area contributed by atoms with Crippen molar-refractivity contribution in [3.8, 4) is 0 Å². The van der Waals surface area contributed by atoms with Gasteiger partial charge in [-0.15, -0.1) is 0 Å². The number of ether oxygens (including phenoxy) is 1. The third-order valence-electron chi connectivity index (χ3n) is 3.33. The molecule has 0 aliphatic carbocycles. The lowest BCUT2D eigenvalue weighted by Crippen LogP contribution is -2.51. The number of carbonyl (C=O) groups is 2. The van der Waals surface area contributed by atoms with Crippen LogP contribution in [-0.4, -0.2) is 40.3 Å². The van der Waals surface area contributed by atoms with E-state index in [-0.39, 0.29) is 12.1 Å². The van der Waals surface area contributed by atoms with E-state index in [0.717, 1.165) is 0 Å². The molecule has 5 nitrogen and oxygen atoms in total. The van der Waals surface area contributed by atoms with Gasteiger partial charge in [-0.3, -0.25) is 4.79 Å². The second kappa shape index (κ2) is 4.78. The van der Waals surface area contributed by atoms with Gasteiger partial charge in [-0.25, -0.2) is 4.79 Å². The number of piperidine rings is 1. The van der Waals surface area contributed by atoms with Crippen LogP contribution in [0.2, 0.25) is 0 Å². The minimum atomic E-state index is -0.793. The zero-order valence-electron chi connectivity index (χ0n) is 11.8. The molecule has 0 radical (unpaired) electrons. The summed E-state index contributed by atoms with van der Waals surface area (Å²) in [5.74, 6) is -0.793. The number of aliphatic carboxylic acids is 1. The van der Waals surface area contributed by atoms with E-state index in [4.69, 9.17) is 4.74 Å². The van der Waals surface area contributed by atoms with Crippen LogP contribution in [0.4, 0.5) is 4.79 Å². The van der Waals surface area contributed by atoms with Crippen molar-refractivity contribution < 1.29 is 19.4 Å². The third kappa shape index (κ3) is 3.37. The molecule has 1 saturated heterocycles. The number of carboxylic acid groups (broad SMARTS) is 1. The number of carbonyl (C=O) groups excluding carboxylic acids is 1. The quantitative estimate of drug-likeness (QED) is 0.783. The van der Waals surface area contributed by atoms with Gasteiger partial charge in [-0.1, -0.05) is 0 Å². The lowest BCUT2D eigenvalue weighted by atomic mass is 9.77. The fourth-order valence-electron chi connectivity index (χ4n) is 2.24. The van der Waals surface area contributed by atoms with E-state index in [0.29, 0.717) is 19.4 Å². The Bertz CT molecular complexity index is 347. The van der Waals surface area contributed by atoms with E-state index in [2.05, 4.69) is 0 Å². The molecule has 0 unspecified atom stereocenters. The summed E-state index contributed by atoms with van der Waals surface area (Å²) in [6.07, 6.45) is 0.565. The van der Waals surface area contributed by atoms with Crippen molar-refractivity contribution in [3.05, 3.63) is 0 Å². The number of likely N-dealkylation sites (tertiary alicyclic amines) is 1. The first-order chi connectivity index (χ1) is 8.05. The van der Waals surface area contributed by atoms with Crippen LogP contribution < -0.4 is 0 Å². The Kier molecular flexibility index (Phi) is 3.93. The number of amides is 1. The molecule has 2 atom stereocenters. The summed E-state index contributed by atoms with van der Waals surface area (Å²) >= 11 is 0. The maximum atomic E-state index is 12.0. The smallest absolute Gasteiger partial charge is 0.410 e. The Morgan fingerprint density at radius 1 is 1.39 bits per heavy atom. The van der Waals surface area contributed by atoms with E-state index in [1.54, 1.807) is 11.8 Å². The summed E-state index contributed by atoms with van der Waals surface area (Å²) in [6, 6.07) is -0.116. The predicted octanol–water partition coefficient (Wildman–Crippen LogP) is 2.50. The van der Waals surface area contributed by atoms with Crippen molar-refractivity contribution in [2.75, 3.05) is 6.54 Å². The maximum absolute atomic E-state index is 12.0. The van der Waals surface area contributed by atoms with Crippen LogP contribution in [0.3, 0.4) is 0 Å². The highest BCUT2D eigenvalue weighted by Crippen LogP contribution is 2.35. The first kappa shape index (κ1) is 14.8. The topological polar surface area (TPSA) is 66.8 Å². The van der Waals surface area contributed by atoms with Gasteiger partial charge in [0.15, 0.2) is 0 Å². The van der Waals surface area contributed by atoms with Crippen molar-refractivity contribution in [1.29, 1.82) is 0 Å². The first-order valence-corrected chi connectivity index (χ1v) is 6.28. The van der Waals surface area contributed by atoms with Crippen LogP contribution in [-0.2, 0) is 9.53 Å². The van der Waals surface area contributed by atoms with Crippen LogP contribution >= 0.6 is 0 Å². The van der Waals surface area contributed by atoms with E-state index < -0.39 is 17.0 Å². The van der Waals surface area contributed by atoms with E-state index >= 15 is 0 Å². The van der Waals surface area contributed by atoms with Crippen molar-refractivity contribution in [1.82, 2.24) is 4.90 Å². The Morgan fingerprint density at radius 2 is 1.94 bits per heavy atom.